The highest BCUT2D eigenvalue weighted by atomic mass is 16.5. The number of hydrogen-bond acceptors (Lipinski definition) is 4. The second-order valence-corrected chi connectivity index (χ2v) is 5.66. The molecule has 2 aliphatic rings. The molecule has 2 heterocycles. The Morgan fingerprint density at radius 2 is 2.05 bits per heavy atom. The topological polar surface area (TPSA) is 61.9 Å². The summed E-state index contributed by atoms with van der Waals surface area (Å²) in [4.78, 5) is 28.6. The van der Waals surface area contributed by atoms with Gasteiger partial charge in [0.15, 0.2) is 11.9 Å². The smallest absolute Gasteiger partial charge is 0.265 e. The highest BCUT2D eigenvalue weighted by Crippen LogP contribution is 2.34. The first-order valence-electron chi connectivity index (χ1n) is 7.72. The number of hydrogen-bond donors (Lipinski definition) is 1. The van der Waals surface area contributed by atoms with E-state index in [9.17, 15) is 9.59 Å². The summed E-state index contributed by atoms with van der Waals surface area (Å²) in [6, 6.07) is 5.29. The SMILES string of the molecule is CCN1CCN(C(=O)c2cccc3c2OC(C)C(=O)N3)CC1. The summed E-state index contributed by atoms with van der Waals surface area (Å²) in [5, 5.41) is 2.78. The molecule has 0 radical (unpaired) electrons. The Labute approximate surface area is 130 Å². The summed E-state index contributed by atoms with van der Waals surface area (Å²) >= 11 is 0. The van der Waals surface area contributed by atoms with Gasteiger partial charge < -0.3 is 19.9 Å². The van der Waals surface area contributed by atoms with Crippen molar-refractivity contribution in [1.29, 1.82) is 0 Å². The Morgan fingerprint density at radius 3 is 2.73 bits per heavy atom. The van der Waals surface area contributed by atoms with E-state index in [1.54, 1.807) is 25.1 Å². The zero-order valence-electron chi connectivity index (χ0n) is 13.0. The number of likely N-dealkylation sites (N-methyl/N-ethyl adjacent to an activating group) is 1. The van der Waals surface area contributed by atoms with Crippen molar-refractivity contribution in [2.75, 3.05) is 38.0 Å². The van der Waals surface area contributed by atoms with E-state index in [-0.39, 0.29) is 11.8 Å². The standard InChI is InChI=1S/C16H21N3O3/c1-3-18-7-9-19(10-8-18)16(21)12-5-4-6-13-14(12)22-11(2)15(20)17-13/h4-6,11H,3,7-10H2,1-2H3,(H,17,20). The highest BCUT2D eigenvalue weighted by molar-refractivity contribution is 6.04. The van der Waals surface area contributed by atoms with Crippen LogP contribution in [0.5, 0.6) is 5.75 Å². The van der Waals surface area contributed by atoms with Crippen LogP contribution in [0.3, 0.4) is 0 Å². The van der Waals surface area contributed by atoms with Gasteiger partial charge in [0.05, 0.1) is 11.3 Å². The van der Waals surface area contributed by atoms with Gasteiger partial charge in [-0.15, -0.1) is 0 Å². The van der Waals surface area contributed by atoms with Gasteiger partial charge >= 0.3 is 0 Å². The van der Waals surface area contributed by atoms with Crippen molar-refractivity contribution in [3.63, 3.8) is 0 Å². The fourth-order valence-electron chi connectivity index (χ4n) is 2.83. The molecule has 22 heavy (non-hydrogen) atoms. The minimum absolute atomic E-state index is 0.0315. The molecule has 6 heteroatoms. The van der Waals surface area contributed by atoms with E-state index >= 15 is 0 Å². The van der Waals surface area contributed by atoms with Gasteiger partial charge in [-0.1, -0.05) is 13.0 Å². The van der Waals surface area contributed by atoms with Crippen LogP contribution in [0.4, 0.5) is 5.69 Å². The second kappa shape index (κ2) is 5.96. The number of piperazine rings is 1. The van der Waals surface area contributed by atoms with E-state index < -0.39 is 6.10 Å². The molecule has 0 saturated carbocycles. The van der Waals surface area contributed by atoms with Crippen molar-refractivity contribution < 1.29 is 14.3 Å². The lowest BCUT2D eigenvalue weighted by molar-refractivity contribution is -0.122. The maximum absolute atomic E-state index is 12.8. The molecule has 6 nitrogen and oxygen atoms in total. The Kier molecular flexibility index (Phi) is 4.02. The second-order valence-electron chi connectivity index (χ2n) is 5.66. The first-order chi connectivity index (χ1) is 10.6. The van der Waals surface area contributed by atoms with Crippen molar-refractivity contribution in [3.05, 3.63) is 23.8 Å². The molecule has 1 N–H and O–H groups in total. The van der Waals surface area contributed by atoms with Crippen molar-refractivity contribution in [2.24, 2.45) is 0 Å². The molecule has 0 aliphatic carbocycles. The molecule has 1 fully saturated rings. The largest absolute Gasteiger partial charge is 0.478 e. The molecular weight excluding hydrogens is 282 g/mol. The predicted molar refractivity (Wildman–Crippen MR) is 83.2 cm³/mol. The number of para-hydroxylation sites is 1. The molecule has 1 atom stereocenters. The maximum Gasteiger partial charge on any atom is 0.265 e. The first kappa shape index (κ1) is 14.8. The van der Waals surface area contributed by atoms with Crippen LogP contribution in [0.25, 0.3) is 0 Å². The number of benzene rings is 1. The van der Waals surface area contributed by atoms with Crippen LogP contribution in [0.1, 0.15) is 24.2 Å². The monoisotopic (exact) mass is 303 g/mol. The van der Waals surface area contributed by atoms with E-state index in [1.807, 2.05) is 4.90 Å². The van der Waals surface area contributed by atoms with E-state index in [0.29, 0.717) is 17.0 Å². The third-order valence-electron chi connectivity index (χ3n) is 4.27. The van der Waals surface area contributed by atoms with Crippen molar-refractivity contribution in [3.8, 4) is 5.75 Å². The van der Waals surface area contributed by atoms with E-state index in [0.717, 1.165) is 32.7 Å². The van der Waals surface area contributed by atoms with Crippen molar-refractivity contribution in [2.45, 2.75) is 20.0 Å². The van der Waals surface area contributed by atoms with E-state index in [4.69, 9.17) is 4.74 Å². The van der Waals surface area contributed by atoms with Crippen LogP contribution in [0.15, 0.2) is 18.2 Å². The zero-order valence-corrected chi connectivity index (χ0v) is 13.0. The molecule has 0 aromatic heterocycles. The summed E-state index contributed by atoms with van der Waals surface area (Å²) in [6.45, 7) is 8.05. The van der Waals surface area contributed by atoms with Crippen LogP contribution in [0, 0.1) is 0 Å². The summed E-state index contributed by atoms with van der Waals surface area (Å²) in [7, 11) is 0. The fourth-order valence-corrected chi connectivity index (χ4v) is 2.83. The number of amides is 2. The maximum atomic E-state index is 12.8. The van der Waals surface area contributed by atoms with Crippen molar-refractivity contribution in [1.82, 2.24) is 9.80 Å². The Bertz CT molecular complexity index is 594. The number of ether oxygens (including phenoxy) is 1. The lowest BCUT2D eigenvalue weighted by Crippen LogP contribution is -2.48. The number of fused-ring (bicyclic) bond motifs is 1. The fraction of sp³-hybridized carbons (Fsp3) is 0.500. The average Bonchev–Trinajstić information content (AvgIpc) is 2.55. The number of rotatable bonds is 2. The van der Waals surface area contributed by atoms with Crippen molar-refractivity contribution >= 4 is 17.5 Å². The quantitative estimate of drug-likeness (QED) is 0.891. The number of nitrogens with one attached hydrogen (secondary N) is 1. The molecule has 118 valence electrons. The average molecular weight is 303 g/mol. The minimum Gasteiger partial charge on any atom is -0.478 e. The molecule has 1 unspecified atom stereocenters. The summed E-state index contributed by atoms with van der Waals surface area (Å²) in [5.41, 5.74) is 1.09. The van der Waals surface area contributed by atoms with Crippen LogP contribution < -0.4 is 10.1 Å². The van der Waals surface area contributed by atoms with Crippen LogP contribution >= 0.6 is 0 Å². The third-order valence-corrected chi connectivity index (χ3v) is 4.27. The molecule has 0 bridgehead atoms. The van der Waals surface area contributed by atoms with Gasteiger partial charge in [-0.05, 0) is 25.6 Å². The molecule has 2 aliphatic heterocycles. The molecule has 2 amide bonds. The molecule has 3 rings (SSSR count). The van der Waals surface area contributed by atoms with Crippen LogP contribution in [0.2, 0.25) is 0 Å². The zero-order chi connectivity index (χ0) is 15.7. The Morgan fingerprint density at radius 1 is 1.32 bits per heavy atom. The highest BCUT2D eigenvalue weighted by Gasteiger charge is 2.30. The predicted octanol–water partition coefficient (Wildman–Crippen LogP) is 1.18. The van der Waals surface area contributed by atoms with Gasteiger partial charge in [-0.2, -0.15) is 0 Å². The number of carbonyl (C=O) groups excluding carboxylic acids is 2. The van der Waals surface area contributed by atoms with E-state index in [1.165, 1.54) is 0 Å². The molecule has 1 saturated heterocycles. The van der Waals surface area contributed by atoms with Gasteiger partial charge in [-0.25, -0.2) is 0 Å². The van der Waals surface area contributed by atoms with Gasteiger partial charge in [0.1, 0.15) is 0 Å². The third kappa shape index (κ3) is 2.66. The summed E-state index contributed by atoms with van der Waals surface area (Å²) < 4.78 is 5.66. The molecule has 0 spiro atoms. The molecular formula is C16H21N3O3. The van der Waals surface area contributed by atoms with Crippen LogP contribution in [-0.4, -0.2) is 60.4 Å². The molecule has 1 aromatic rings. The number of nitrogens with zero attached hydrogens (tertiary/aromatic N) is 2. The Balaban J connectivity index is 1.82. The molecule has 1 aromatic carbocycles. The van der Waals surface area contributed by atoms with E-state index in [2.05, 4.69) is 17.1 Å². The number of carbonyl (C=O) groups is 2. The van der Waals surface area contributed by atoms with Gasteiger partial charge in [0, 0.05) is 26.2 Å². The van der Waals surface area contributed by atoms with Crippen LogP contribution in [-0.2, 0) is 4.79 Å². The minimum atomic E-state index is -0.585. The normalized spacial score (nSPS) is 21.8. The number of anilines is 1. The Hall–Kier alpha value is -2.08. The lowest BCUT2D eigenvalue weighted by atomic mass is 10.1. The summed E-state index contributed by atoms with van der Waals surface area (Å²) in [6.07, 6.45) is -0.585. The van der Waals surface area contributed by atoms with Gasteiger partial charge in [0.25, 0.3) is 11.8 Å². The van der Waals surface area contributed by atoms with Gasteiger partial charge in [-0.3, -0.25) is 9.59 Å². The lowest BCUT2D eigenvalue weighted by Gasteiger charge is -2.35. The van der Waals surface area contributed by atoms with Gasteiger partial charge in [0.2, 0.25) is 0 Å². The first-order valence-corrected chi connectivity index (χ1v) is 7.72. The summed E-state index contributed by atoms with van der Waals surface area (Å²) in [5.74, 6) is 0.266.